The van der Waals surface area contributed by atoms with Gasteiger partial charge in [-0.3, -0.25) is 4.79 Å². The lowest BCUT2D eigenvalue weighted by atomic mass is 9.95. The van der Waals surface area contributed by atoms with Crippen molar-refractivity contribution in [1.29, 1.82) is 0 Å². The van der Waals surface area contributed by atoms with Crippen LogP contribution < -0.4 is 9.64 Å². The molecule has 1 aliphatic carbocycles. The highest BCUT2D eigenvalue weighted by Gasteiger charge is 2.38. The van der Waals surface area contributed by atoms with Gasteiger partial charge in [-0.25, -0.2) is 8.42 Å². The van der Waals surface area contributed by atoms with Gasteiger partial charge in [-0.2, -0.15) is 4.31 Å². The fourth-order valence-corrected chi connectivity index (χ4v) is 7.02. The number of carbonyl (C=O) groups excluding carboxylic acids is 1. The quantitative estimate of drug-likeness (QED) is 0.492. The largest absolute Gasteiger partial charge is 0.494 e. The highest BCUT2D eigenvalue weighted by molar-refractivity contribution is 9.10. The lowest BCUT2D eigenvalue weighted by Gasteiger charge is -2.34. The van der Waals surface area contributed by atoms with E-state index in [1.54, 1.807) is 29.2 Å². The summed E-state index contributed by atoms with van der Waals surface area (Å²) in [5.74, 6) is 0.453. The average molecular weight is 536 g/mol. The van der Waals surface area contributed by atoms with Crippen molar-refractivity contribution in [3.8, 4) is 5.75 Å². The molecule has 1 fully saturated rings. The lowest BCUT2D eigenvalue weighted by molar-refractivity contribution is -0.119. The van der Waals surface area contributed by atoms with E-state index in [1.807, 2.05) is 32.0 Å². The van der Waals surface area contributed by atoms with Gasteiger partial charge in [-0.15, -0.1) is 0 Å². The zero-order valence-electron chi connectivity index (χ0n) is 19.2. The smallest absolute Gasteiger partial charge is 0.243 e. The minimum atomic E-state index is -3.84. The van der Waals surface area contributed by atoms with E-state index in [4.69, 9.17) is 4.74 Å². The van der Waals surface area contributed by atoms with E-state index in [2.05, 4.69) is 15.9 Å². The van der Waals surface area contributed by atoms with Crippen molar-refractivity contribution in [3.05, 3.63) is 52.5 Å². The summed E-state index contributed by atoms with van der Waals surface area (Å²) in [6.45, 7) is 4.26. The Kier molecular flexibility index (Phi) is 7.46. The SMILES string of the molecule is CCOc1ccc(S(=O)(=O)N(CC(=O)N2c3ccc(Br)cc3CC2C)C2CCCCC2)cc1. The Labute approximate surface area is 205 Å². The first-order valence-electron chi connectivity index (χ1n) is 11.7. The standard InChI is InChI=1S/C25H31BrN2O4S/c1-3-32-22-10-12-23(13-11-22)33(30,31)27(21-7-5-4-6-8-21)17-25(29)28-18(2)15-19-16-20(26)9-14-24(19)28/h9-14,16,18,21H,3-8,15,17H2,1-2H3. The molecule has 0 N–H and O–H groups in total. The van der Waals surface area contributed by atoms with Crippen LogP contribution >= 0.6 is 15.9 Å². The molecule has 0 radical (unpaired) electrons. The Morgan fingerprint density at radius 1 is 1.12 bits per heavy atom. The topological polar surface area (TPSA) is 66.9 Å². The van der Waals surface area contributed by atoms with Crippen molar-refractivity contribution >= 4 is 37.5 Å². The molecular formula is C25H31BrN2O4S. The van der Waals surface area contributed by atoms with E-state index in [0.717, 1.165) is 54.2 Å². The van der Waals surface area contributed by atoms with Crippen LogP contribution in [0.2, 0.25) is 0 Å². The molecule has 178 valence electrons. The van der Waals surface area contributed by atoms with Gasteiger partial charge < -0.3 is 9.64 Å². The fraction of sp³-hybridized carbons (Fsp3) is 0.480. The molecule has 1 aliphatic heterocycles. The summed E-state index contributed by atoms with van der Waals surface area (Å²) in [5, 5.41) is 0. The molecule has 0 aromatic heterocycles. The Balaban J connectivity index is 1.63. The highest BCUT2D eigenvalue weighted by Crippen LogP contribution is 2.35. The summed E-state index contributed by atoms with van der Waals surface area (Å²) in [4.78, 5) is 15.5. The number of amides is 1. The number of benzene rings is 2. The molecule has 1 heterocycles. The molecule has 8 heteroatoms. The number of carbonyl (C=O) groups is 1. The number of rotatable bonds is 7. The summed E-state index contributed by atoms with van der Waals surface area (Å²) < 4.78 is 35.4. The third kappa shape index (κ3) is 5.12. The van der Waals surface area contributed by atoms with E-state index in [9.17, 15) is 13.2 Å². The summed E-state index contributed by atoms with van der Waals surface area (Å²) in [5.41, 5.74) is 1.97. The minimum Gasteiger partial charge on any atom is -0.494 e. The lowest BCUT2D eigenvalue weighted by Crippen LogP contribution is -2.49. The summed E-state index contributed by atoms with van der Waals surface area (Å²) in [6, 6.07) is 12.2. The predicted molar refractivity (Wildman–Crippen MR) is 133 cm³/mol. The van der Waals surface area contributed by atoms with E-state index < -0.39 is 10.0 Å². The van der Waals surface area contributed by atoms with Crippen LogP contribution in [0.15, 0.2) is 51.8 Å². The number of hydrogen-bond acceptors (Lipinski definition) is 4. The molecule has 1 amide bonds. The van der Waals surface area contributed by atoms with Gasteiger partial charge in [0.2, 0.25) is 15.9 Å². The van der Waals surface area contributed by atoms with Crippen molar-refractivity contribution in [2.45, 2.75) is 69.4 Å². The van der Waals surface area contributed by atoms with Gasteiger partial charge in [0.05, 0.1) is 18.0 Å². The molecular weight excluding hydrogens is 504 g/mol. The monoisotopic (exact) mass is 534 g/mol. The van der Waals surface area contributed by atoms with Crippen LogP contribution in [0.1, 0.15) is 51.5 Å². The molecule has 0 saturated heterocycles. The molecule has 33 heavy (non-hydrogen) atoms. The number of nitrogens with zero attached hydrogens (tertiary/aromatic N) is 2. The molecule has 0 bridgehead atoms. The fourth-order valence-electron chi connectivity index (χ4n) is 4.98. The first kappa shape index (κ1) is 24.2. The maximum Gasteiger partial charge on any atom is 0.243 e. The number of halogens is 1. The third-order valence-electron chi connectivity index (χ3n) is 6.54. The summed E-state index contributed by atoms with van der Waals surface area (Å²) >= 11 is 3.50. The van der Waals surface area contributed by atoms with Gasteiger partial charge in [-0.05, 0) is 81.1 Å². The van der Waals surface area contributed by atoms with Crippen molar-refractivity contribution in [1.82, 2.24) is 4.31 Å². The molecule has 1 atom stereocenters. The van der Waals surface area contributed by atoms with Gasteiger partial charge in [0.25, 0.3) is 0 Å². The maximum atomic E-state index is 13.7. The molecule has 0 spiro atoms. The van der Waals surface area contributed by atoms with Gasteiger partial charge >= 0.3 is 0 Å². The van der Waals surface area contributed by atoms with Crippen LogP contribution in [0, 0.1) is 0 Å². The van der Waals surface area contributed by atoms with Gasteiger partial charge in [0.15, 0.2) is 0 Å². The zero-order valence-corrected chi connectivity index (χ0v) is 21.6. The van der Waals surface area contributed by atoms with Crippen LogP contribution in [0.3, 0.4) is 0 Å². The van der Waals surface area contributed by atoms with Crippen molar-refractivity contribution in [2.75, 3.05) is 18.1 Å². The second-order valence-corrected chi connectivity index (χ2v) is 11.6. The Morgan fingerprint density at radius 3 is 2.48 bits per heavy atom. The normalized spacial score (nSPS) is 19.0. The molecule has 1 unspecified atom stereocenters. The van der Waals surface area contributed by atoms with E-state index in [1.165, 1.54) is 4.31 Å². The number of hydrogen-bond donors (Lipinski definition) is 0. The Hall–Kier alpha value is -1.90. The maximum absolute atomic E-state index is 13.7. The van der Waals surface area contributed by atoms with Gasteiger partial charge in [0, 0.05) is 22.2 Å². The third-order valence-corrected chi connectivity index (χ3v) is 8.95. The van der Waals surface area contributed by atoms with Crippen LogP contribution in [0.4, 0.5) is 5.69 Å². The number of sulfonamides is 1. The second kappa shape index (κ2) is 10.2. The molecule has 2 aromatic carbocycles. The predicted octanol–water partition coefficient (Wildman–Crippen LogP) is 5.15. The number of anilines is 1. The molecule has 4 rings (SSSR count). The van der Waals surface area contributed by atoms with E-state index >= 15 is 0 Å². The minimum absolute atomic E-state index is 0.0109. The molecule has 1 saturated carbocycles. The molecule has 2 aliphatic rings. The second-order valence-electron chi connectivity index (χ2n) is 8.84. The summed E-state index contributed by atoms with van der Waals surface area (Å²) in [7, 11) is -3.84. The van der Waals surface area contributed by atoms with Gasteiger partial charge in [0.1, 0.15) is 5.75 Å². The Bertz CT molecular complexity index is 1100. The average Bonchev–Trinajstić information content (AvgIpc) is 3.13. The molecule has 6 nitrogen and oxygen atoms in total. The summed E-state index contributed by atoms with van der Waals surface area (Å²) in [6.07, 6.45) is 5.38. The van der Waals surface area contributed by atoms with Crippen molar-refractivity contribution in [2.24, 2.45) is 0 Å². The first-order valence-corrected chi connectivity index (χ1v) is 13.9. The zero-order chi connectivity index (χ0) is 23.6. The van der Waals surface area contributed by atoms with E-state index in [-0.39, 0.29) is 29.4 Å². The highest BCUT2D eigenvalue weighted by atomic mass is 79.9. The van der Waals surface area contributed by atoms with Gasteiger partial charge in [-0.1, -0.05) is 35.2 Å². The van der Waals surface area contributed by atoms with Crippen molar-refractivity contribution < 1.29 is 17.9 Å². The molecule has 2 aromatic rings. The van der Waals surface area contributed by atoms with Crippen LogP contribution in [-0.2, 0) is 21.2 Å². The van der Waals surface area contributed by atoms with Crippen LogP contribution in [-0.4, -0.2) is 43.9 Å². The first-order chi connectivity index (χ1) is 15.8. The number of fused-ring (bicyclic) bond motifs is 1. The van der Waals surface area contributed by atoms with E-state index in [0.29, 0.717) is 12.4 Å². The van der Waals surface area contributed by atoms with Crippen LogP contribution in [0.5, 0.6) is 5.75 Å². The Morgan fingerprint density at radius 2 is 1.82 bits per heavy atom. The number of ether oxygens (including phenoxy) is 1. The van der Waals surface area contributed by atoms with Crippen LogP contribution in [0.25, 0.3) is 0 Å². The van der Waals surface area contributed by atoms with Crippen molar-refractivity contribution in [3.63, 3.8) is 0 Å².